The van der Waals surface area contributed by atoms with Crippen molar-refractivity contribution in [2.75, 3.05) is 0 Å². The third-order valence-corrected chi connectivity index (χ3v) is 2.13. The van der Waals surface area contributed by atoms with Gasteiger partial charge in [-0.2, -0.15) is 5.10 Å². The average molecular weight is 214 g/mol. The Balaban J connectivity index is 2.14. The topological polar surface area (TPSA) is 54.5 Å². The Labute approximate surface area is 94.5 Å². The van der Waals surface area contributed by atoms with Crippen molar-refractivity contribution < 1.29 is 0 Å². The molecule has 0 saturated carbocycles. The lowest BCUT2D eigenvalue weighted by atomic mass is 10.3. The van der Waals surface area contributed by atoms with Crippen LogP contribution in [0.2, 0.25) is 0 Å². The minimum Gasteiger partial charge on any atom is -0.259 e. The summed E-state index contributed by atoms with van der Waals surface area (Å²) in [6.07, 6.45) is 7.96. The van der Waals surface area contributed by atoms with Crippen LogP contribution in [0.15, 0.2) is 30.5 Å². The Kier molecular flexibility index (Phi) is 3.43. The van der Waals surface area contributed by atoms with E-state index in [9.17, 15) is 0 Å². The molecule has 0 amide bonds. The van der Waals surface area contributed by atoms with Crippen molar-refractivity contribution in [3.05, 3.63) is 36.3 Å². The first-order valence-electron chi connectivity index (χ1n) is 5.40. The van der Waals surface area contributed by atoms with Gasteiger partial charge in [0, 0.05) is 6.20 Å². The number of hydrogen-bond donors (Lipinski definition) is 1. The lowest BCUT2D eigenvalue weighted by Gasteiger charge is -1.90. The summed E-state index contributed by atoms with van der Waals surface area (Å²) in [5.41, 5.74) is 0.786. The van der Waals surface area contributed by atoms with E-state index >= 15 is 0 Å². The van der Waals surface area contributed by atoms with Gasteiger partial charge < -0.3 is 0 Å². The van der Waals surface area contributed by atoms with Crippen molar-refractivity contribution in [3.63, 3.8) is 0 Å². The number of rotatable bonds is 4. The van der Waals surface area contributed by atoms with Crippen molar-refractivity contribution in [2.24, 2.45) is 0 Å². The quantitative estimate of drug-likeness (QED) is 0.851. The van der Waals surface area contributed by atoms with Gasteiger partial charge in [-0.3, -0.25) is 10.1 Å². The fourth-order valence-electron chi connectivity index (χ4n) is 1.32. The largest absolute Gasteiger partial charge is 0.259 e. The SMILES string of the molecule is CCCC=Cc1nc(-c2ccccn2)n[nH]1. The zero-order valence-electron chi connectivity index (χ0n) is 9.22. The van der Waals surface area contributed by atoms with Gasteiger partial charge in [0.25, 0.3) is 0 Å². The summed E-state index contributed by atoms with van der Waals surface area (Å²) >= 11 is 0. The van der Waals surface area contributed by atoms with Gasteiger partial charge in [-0.25, -0.2) is 4.98 Å². The van der Waals surface area contributed by atoms with Crippen LogP contribution in [0, 0.1) is 0 Å². The Morgan fingerprint density at radius 2 is 2.31 bits per heavy atom. The van der Waals surface area contributed by atoms with Crippen LogP contribution < -0.4 is 0 Å². The molecule has 0 aliphatic carbocycles. The van der Waals surface area contributed by atoms with Crippen molar-refractivity contribution in [1.29, 1.82) is 0 Å². The third kappa shape index (κ3) is 2.53. The van der Waals surface area contributed by atoms with Gasteiger partial charge >= 0.3 is 0 Å². The smallest absolute Gasteiger partial charge is 0.200 e. The van der Waals surface area contributed by atoms with Gasteiger partial charge in [-0.05, 0) is 24.6 Å². The summed E-state index contributed by atoms with van der Waals surface area (Å²) in [7, 11) is 0. The summed E-state index contributed by atoms with van der Waals surface area (Å²) in [5, 5.41) is 6.99. The summed E-state index contributed by atoms with van der Waals surface area (Å²) in [5.74, 6) is 1.41. The number of hydrogen-bond acceptors (Lipinski definition) is 3. The second kappa shape index (κ2) is 5.21. The molecule has 0 aliphatic heterocycles. The van der Waals surface area contributed by atoms with Gasteiger partial charge in [-0.15, -0.1) is 0 Å². The van der Waals surface area contributed by atoms with Gasteiger partial charge in [0.15, 0.2) is 5.82 Å². The van der Waals surface area contributed by atoms with E-state index in [4.69, 9.17) is 0 Å². The Morgan fingerprint density at radius 3 is 3.06 bits per heavy atom. The molecular weight excluding hydrogens is 200 g/mol. The number of allylic oxidation sites excluding steroid dienone is 1. The second-order valence-electron chi connectivity index (χ2n) is 3.45. The van der Waals surface area contributed by atoms with Crippen LogP contribution in [0.25, 0.3) is 17.6 Å². The molecule has 0 fully saturated rings. The molecule has 2 aromatic rings. The Morgan fingerprint density at radius 1 is 1.38 bits per heavy atom. The van der Waals surface area contributed by atoms with Gasteiger partial charge in [0.05, 0.1) is 0 Å². The van der Waals surface area contributed by atoms with E-state index in [0.29, 0.717) is 5.82 Å². The second-order valence-corrected chi connectivity index (χ2v) is 3.45. The molecule has 0 bridgehead atoms. The molecule has 0 aromatic carbocycles. The molecule has 2 aromatic heterocycles. The van der Waals surface area contributed by atoms with E-state index < -0.39 is 0 Å². The van der Waals surface area contributed by atoms with Gasteiger partial charge in [0.1, 0.15) is 11.5 Å². The van der Waals surface area contributed by atoms with Crippen LogP contribution in [0.3, 0.4) is 0 Å². The molecular formula is C12H14N4. The standard InChI is InChI=1S/C12H14N4/c1-2-3-4-8-11-14-12(16-15-11)10-7-5-6-9-13-10/h4-9H,2-3H2,1H3,(H,14,15,16). The predicted octanol–water partition coefficient (Wildman–Crippen LogP) is 2.68. The summed E-state index contributed by atoms with van der Waals surface area (Å²) in [4.78, 5) is 8.53. The molecule has 4 heteroatoms. The van der Waals surface area contributed by atoms with Gasteiger partial charge in [-0.1, -0.05) is 25.5 Å². The molecule has 4 nitrogen and oxygen atoms in total. The first kappa shape index (κ1) is 10.5. The van der Waals surface area contributed by atoms with E-state index in [1.165, 1.54) is 0 Å². The van der Waals surface area contributed by atoms with E-state index in [-0.39, 0.29) is 0 Å². The third-order valence-electron chi connectivity index (χ3n) is 2.13. The van der Waals surface area contributed by atoms with E-state index in [1.54, 1.807) is 6.20 Å². The summed E-state index contributed by atoms with van der Waals surface area (Å²) in [6, 6.07) is 5.69. The molecule has 2 heterocycles. The van der Waals surface area contributed by atoms with Crippen molar-refractivity contribution >= 4 is 6.08 Å². The molecule has 1 N–H and O–H groups in total. The highest BCUT2D eigenvalue weighted by atomic mass is 15.2. The first-order chi connectivity index (χ1) is 7.90. The van der Waals surface area contributed by atoms with Crippen LogP contribution in [-0.4, -0.2) is 20.2 Å². The summed E-state index contributed by atoms with van der Waals surface area (Å²) < 4.78 is 0. The van der Waals surface area contributed by atoms with Crippen LogP contribution in [0.4, 0.5) is 0 Å². The molecule has 0 saturated heterocycles. The van der Waals surface area contributed by atoms with E-state index in [1.807, 2.05) is 24.3 Å². The predicted molar refractivity (Wildman–Crippen MR) is 63.6 cm³/mol. The lowest BCUT2D eigenvalue weighted by molar-refractivity contribution is 0.960. The molecule has 2 rings (SSSR count). The lowest BCUT2D eigenvalue weighted by Crippen LogP contribution is -1.83. The average Bonchev–Trinajstić information content (AvgIpc) is 2.79. The molecule has 0 unspecified atom stereocenters. The van der Waals surface area contributed by atoms with Crippen LogP contribution >= 0.6 is 0 Å². The molecule has 0 spiro atoms. The van der Waals surface area contributed by atoms with Crippen LogP contribution in [0.1, 0.15) is 25.6 Å². The zero-order valence-corrected chi connectivity index (χ0v) is 9.22. The van der Waals surface area contributed by atoms with Crippen molar-refractivity contribution in [1.82, 2.24) is 20.2 Å². The number of aromatic amines is 1. The maximum Gasteiger partial charge on any atom is 0.200 e. The highest BCUT2D eigenvalue weighted by Crippen LogP contribution is 2.10. The monoisotopic (exact) mass is 214 g/mol. The van der Waals surface area contributed by atoms with E-state index in [0.717, 1.165) is 24.4 Å². The maximum atomic E-state index is 4.34. The molecule has 16 heavy (non-hydrogen) atoms. The number of pyridine rings is 1. The molecule has 82 valence electrons. The number of H-pyrrole nitrogens is 1. The fraction of sp³-hybridized carbons (Fsp3) is 0.250. The van der Waals surface area contributed by atoms with Crippen molar-refractivity contribution in [3.8, 4) is 11.5 Å². The molecule has 0 aliphatic rings. The normalized spacial score (nSPS) is 11.1. The molecule has 0 atom stereocenters. The number of aromatic nitrogens is 4. The minimum absolute atomic E-state index is 0.636. The zero-order chi connectivity index (χ0) is 11.2. The highest BCUT2D eigenvalue weighted by Gasteiger charge is 2.03. The number of nitrogens with zero attached hydrogens (tertiary/aromatic N) is 3. The maximum absolute atomic E-state index is 4.34. The van der Waals surface area contributed by atoms with Gasteiger partial charge in [0.2, 0.25) is 0 Å². The highest BCUT2D eigenvalue weighted by molar-refractivity contribution is 5.51. The number of nitrogens with one attached hydrogen (secondary N) is 1. The first-order valence-corrected chi connectivity index (χ1v) is 5.40. The summed E-state index contributed by atoms with van der Waals surface area (Å²) in [6.45, 7) is 2.14. The fourth-order valence-corrected chi connectivity index (χ4v) is 1.32. The Hall–Kier alpha value is -1.97. The molecule has 0 radical (unpaired) electrons. The van der Waals surface area contributed by atoms with Crippen LogP contribution in [-0.2, 0) is 0 Å². The van der Waals surface area contributed by atoms with Crippen molar-refractivity contribution in [2.45, 2.75) is 19.8 Å². The van der Waals surface area contributed by atoms with E-state index in [2.05, 4.69) is 33.2 Å². The van der Waals surface area contributed by atoms with Crippen LogP contribution in [0.5, 0.6) is 0 Å². The Bertz CT molecular complexity index is 459. The number of unbranched alkanes of at least 4 members (excludes halogenated alkanes) is 1. The minimum atomic E-state index is 0.636.